The molecule has 3 heteroatoms. The van der Waals surface area contributed by atoms with Crippen LogP contribution in [0, 0.1) is 0 Å². The molecule has 0 aliphatic carbocycles. The molecule has 2 rings (SSSR count). The van der Waals surface area contributed by atoms with Crippen molar-refractivity contribution >= 4 is 0 Å². The summed E-state index contributed by atoms with van der Waals surface area (Å²) in [4.78, 5) is 6.38. The fourth-order valence-corrected chi connectivity index (χ4v) is 3.53. The number of hydroxylamine groups is 2. The Kier molecular flexibility index (Phi) is 5.00. The lowest BCUT2D eigenvalue weighted by Gasteiger charge is -2.52. The van der Waals surface area contributed by atoms with Gasteiger partial charge in [0, 0.05) is 11.1 Å². The van der Waals surface area contributed by atoms with Crippen molar-refractivity contribution in [3.63, 3.8) is 0 Å². The second-order valence-electron chi connectivity index (χ2n) is 7.86. The van der Waals surface area contributed by atoms with Crippen LogP contribution in [0.1, 0.15) is 84.1 Å². The molecule has 1 aliphatic rings. The lowest BCUT2D eigenvalue weighted by molar-refractivity contribution is -0.304. The maximum Gasteiger partial charge on any atom is 0.102 e. The van der Waals surface area contributed by atoms with Gasteiger partial charge < -0.3 is 5.11 Å². The highest BCUT2D eigenvalue weighted by Gasteiger charge is 2.43. The molecule has 0 aromatic heterocycles. The molecule has 22 heavy (non-hydrogen) atoms. The molecule has 0 amide bonds. The lowest BCUT2D eigenvalue weighted by Crippen LogP contribution is -2.58. The van der Waals surface area contributed by atoms with Crippen LogP contribution in [0.2, 0.25) is 0 Å². The number of nitrogens with zero attached hydrogens (tertiary/aromatic N) is 1. The van der Waals surface area contributed by atoms with Crippen LogP contribution < -0.4 is 0 Å². The maximum atomic E-state index is 9.61. The van der Waals surface area contributed by atoms with Crippen LogP contribution in [0.15, 0.2) is 24.3 Å². The quantitative estimate of drug-likeness (QED) is 0.869. The first-order valence-corrected chi connectivity index (χ1v) is 8.38. The Morgan fingerprint density at radius 1 is 0.955 bits per heavy atom. The van der Waals surface area contributed by atoms with Gasteiger partial charge in [-0.1, -0.05) is 24.3 Å². The molecule has 1 N–H and O–H groups in total. The van der Waals surface area contributed by atoms with Crippen molar-refractivity contribution in [2.45, 2.75) is 84.1 Å². The van der Waals surface area contributed by atoms with Gasteiger partial charge in [-0.05, 0) is 71.9 Å². The Morgan fingerprint density at radius 2 is 1.41 bits per heavy atom. The van der Waals surface area contributed by atoms with Gasteiger partial charge >= 0.3 is 0 Å². The van der Waals surface area contributed by atoms with Crippen LogP contribution in [0.25, 0.3) is 0 Å². The molecule has 1 aromatic rings. The van der Waals surface area contributed by atoms with Crippen LogP contribution >= 0.6 is 0 Å². The van der Waals surface area contributed by atoms with Gasteiger partial charge in [0.2, 0.25) is 0 Å². The van der Waals surface area contributed by atoms with Crippen molar-refractivity contribution in [3.05, 3.63) is 35.4 Å². The molecular formula is C19H31NO2. The highest BCUT2D eigenvalue weighted by Crippen LogP contribution is 2.40. The van der Waals surface area contributed by atoms with Gasteiger partial charge in [-0.2, -0.15) is 5.06 Å². The molecule has 124 valence electrons. The van der Waals surface area contributed by atoms with Crippen molar-refractivity contribution in [1.29, 1.82) is 0 Å². The third kappa shape index (κ3) is 3.70. The Bertz CT molecular complexity index is 475. The predicted octanol–water partition coefficient (Wildman–Crippen LogP) is 4.78. The van der Waals surface area contributed by atoms with Gasteiger partial charge in [-0.25, -0.2) is 0 Å². The van der Waals surface area contributed by atoms with Gasteiger partial charge in [-0.15, -0.1) is 0 Å². The second kappa shape index (κ2) is 6.31. The van der Waals surface area contributed by atoms with Crippen LogP contribution in [-0.4, -0.2) is 21.2 Å². The van der Waals surface area contributed by atoms with Crippen LogP contribution in [0.3, 0.4) is 0 Å². The first kappa shape index (κ1) is 17.5. The fraction of sp³-hybridized carbons (Fsp3) is 0.684. The SMILES string of the molecule is CC(O)c1ccc(C(C)ON2C(C)(C)CCCC2(C)C)cc1. The topological polar surface area (TPSA) is 32.7 Å². The molecule has 1 aliphatic heterocycles. The first-order chi connectivity index (χ1) is 10.1. The zero-order valence-corrected chi connectivity index (χ0v) is 14.9. The van der Waals surface area contributed by atoms with E-state index in [0.717, 1.165) is 24.0 Å². The number of benzene rings is 1. The molecule has 0 saturated carbocycles. The summed E-state index contributed by atoms with van der Waals surface area (Å²) in [5.74, 6) is 0. The number of aliphatic hydroxyl groups is 1. The van der Waals surface area contributed by atoms with Gasteiger partial charge in [0.25, 0.3) is 0 Å². The number of hydrogen-bond donors (Lipinski definition) is 1. The number of hydrogen-bond acceptors (Lipinski definition) is 3. The van der Waals surface area contributed by atoms with E-state index in [1.165, 1.54) is 6.42 Å². The van der Waals surface area contributed by atoms with E-state index in [4.69, 9.17) is 4.84 Å². The average Bonchev–Trinajstić information content (AvgIpc) is 2.42. The van der Waals surface area contributed by atoms with E-state index in [-0.39, 0.29) is 17.2 Å². The van der Waals surface area contributed by atoms with Gasteiger partial charge in [-0.3, -0.25) is 4.84 Å². The van der Waals surface area contributed by atoms with E-state index < -0.39 is 6.10 Å². The summed E-state index contributed by atoms with van der Waals surface area (Å²) in [6.07, 6.45) is 3.14. The molecular weight excluding hydrogens is 274 g/mol. The molecule has 1 heterocycles. The summed E-state index contributed by atoms with van der Waals surface area (Å²) in [6, 6.07) is 8.06. The number of aliphatic hydroxyl groups excluding tert-OH is 1. The minimum Gasteiger partial charge on any atom is -0.389 e. The van der Waals surface area contributed by atoms with Crippen LogP contribution in [-0.2, 0) is 4.84 Å². The highest BCUT2D eigenvalue weighted by molar-refractivity contribution is 5.25. The largest absolute Gasteiger partial charge is 0.389 e. The van der Waals surface area contributed by atoms with Crippen LogP contribution in [0.4, 0.5) is 0 Å². The maximum absolute atomic E-state index is 9.61. The highest BCUT2D eigenvalue weighted by atomic mass is 16.7. The Hall–Kier alpha value is -0.900. The Balaban J connectivity index is 2.14. The molecule has 0 spiro atoms. The smallest absolute Gasteiger partial charge is 0.102 e. The van der Waals surface area contributed by atoms with E-state index in [0.29, 0.717) is 0 Å². The minimum absolute atomic E-state index is 0.000279. The summed E-state index contributed by atoms with van der Waals surface area (Å²) >= 11 is 0. The molecule has 2 atom stereocenters. The minimum atomic E-state index is -0.426. The third-order valence-corrected chi connectivity index (χ3v) is 4.83. The zero-order valence-electron chi connectivity index (χ0n) is 14.9. The first-order valence-electron chi connectivity index (χ1n) is 8.38. The molecule has 2 unspecified atom stereocenters. The van der Waals surface area contributed by atoms with Crippen molar-refractivity contribution < 1.29 is 9.94 Å². The molecule has 1 aromatic carbocycles. The standard InChI is InChI=1S/C19H31NO2/c1-14(21)16-8-10-17(11-9-16)15(2)22-20-18(3,4)12-7-13-19(20,5)6/h8-11,14-15,21H,7,12-13H2,1-6H3. The second-order valence-corrected chi connectivity index (χ2v) is 7.86. The number of rotatable bonds is 4. The monoisotopic (exact) mass is 305 g/mol. The van der Waals surface area contributed by atoms with Crippen molar-refractivity contribution in [2.75, 3.05) is 0 Å². The Morgan fingerprint density at radius 3 is 1.86 bits per heavy atom. The van der Waals surface area contributed by atoms with Crippen LogP contribution in [0.5, 0.6) is 0 Å². The number of piperidine rings is 1. The normalized spacial score (nSPS) is 24.0. The summed E-state index contributed by atoms with van der Waals surface area (Å²) in [5.41, 5.74) is 2.18. The van der Waals surface area contributed by atoms with Gasteiger partial charge in [0.15, 0.2) is 0 Å². The molecule has 0 bridgehead atoms. The zero-order chi connectivity index (χ0) is 16.5. The Labute approximate surface area is 135 Å². The van der Waals surface area contributed by atoms with E-state index in [1.807, 2.05) is 12.1 Å². The third-order valence-electron chi connectivity index (χ3n) is 4.83. The lowest BCUT2D eigenvalue weighted by atomic mass is 9.82. The van der Waals surface area contributed by atoms with Crippen molar-refractivity contribution in [1.82, 2.24) is 5.06 Å². The summed E-state index contributed by atoms with van der Waals surface area (Å²) in [7, 11) is 0. The average molecular weight is 305 g/mol. The van der Waals surface area contributed by atoms with E-state index in [1.54, 1.807) is 6.92 Å². The van der Waals surface area contributed by atoms with E-state index in [9.17, 15) is 5.11 Å². The molecule has 3 nitrogen and oxygen atoms in total. The molecule has 1 fully saturated rings. The predicted molar refractivity (Wildman–Crippen MR) is 90.4 cm³/mol. The molecule has 0 radical (unpaired) electrons. The fourth-order valence-electron chi connectivity index (χ4n) is 3.53. The van der Waals surface area contributed by atoms with Gasteiger partial charge in [0.1, 0.15) is 6.10 Å². The van der Waals surface area contributed by atoms with E-state index in [2.05, 4.69) is 51.8 Å². The summed E-state index contributed by atoms with van der Waals surface area (Å²) in [5, 5.41) is 11.8. The molecule has 1 saturated heterocycles. The summed E-state index contributed by atoms with van der Waals surface area (Å²) < 4.78 is 0. The van der Waals surface area contributed by atoms with E-state index >= 15 is 0 Å². The summed E-state index contributed by atoms with van der Waals surface area (Å²) in [6.45, 7) is 12.9. The van der Waals surface area contributed by atoms with Gasteiger partial charge in [0.05, 0.1) is 6.10 Å². The van der Waals surface area contributed by atoms with Crippen molar-refractivity contribution in [3.8, 4) is 0 Å². The van der Waals surface area contributed by atoms with Crippen molar-refractivity contribution in [2.24, 2.45) is 0 Å².